The maximum atomic E-state index is 13.1. The van der Waals surface area contributed by atoms with Crippen LogP contribution < -0.4 is 10.6 Å². The number of nitrogens with two attached hydrogens (primary N) is 1. The molecule has 0 unspecified atom stereocenters. The summed E-state index contributed by atoms with van der Waals surface area (Å²) in [6.45, 7) is 6.59. The highest BCUT2D eigenvalue weighted by molar-refractivity contribution is 5.60. The summed E-state index contributed by atoms with van der Waals surface area (Å²) in [6, 6.07) is 4.77. The Hall–Kier alpha value is -1.36. The highest BCUT2D eigenvalue weighted by Crippen LogP contribution is 2.34. The molecule has 2 N–H and O–H groups in total. The average molecular weight is 269 g/mol. The normalized spacial score (nSPS) is 20.0. The fourth-order valence-electron chi connectivity index (χ4n) is 2.48. The molecule has 5 heteroatoms. The first-order valence-electron chi connectivity index (χ1n) is 6.45. The van der Waals surface area contributed by atoms with E-state index in [-0.39, 0.29) is 11.1 Å². The van der Waals surface area contributed by atoms with Gasteiger partial charge in [0.1, 0.15) is 0 Å². The van der Waals surface area contributed by atoms with Gasteiger partial charge < -0.3 is 10.6 Å². The summed E-state index contributed by atoms with van der Waals surface area (Å²) in [5.74, 6) is 0. The summed E-state index contributed by atoms with van der Waals surface area (Å²) >= 11 is 0. The van der Waals surface area contributed by atoms with E-state index >= 15 is 0 Å². The lowest BCUT2D eigenvalue weighted by atomic mass is 9.98. The lowest BCUT2D eigenvalue weighted by molar-refractivity contribution is 0.135. The molecule has 1 aliphatic heterocycles. The maximum Gasteiger partial charge on any atom is 0.265 e. The van der Waals surface area contributed by atoms with Crippen LogP contribution in [0.25, 0.3) is 0 Å². The first-order chi connectivity index (χ1) is 8.81. The molecule has 1 saturated heterocycles. The second kappa shape index (κ2) is 4.96. The van der Waals surface area contributed by atoms with Crippen LogP contribution in [0.5, 0.6) is 0 Å². The fraction of sp³-hybridized carbons (Fsp3) is 0.571. The standard InChI is InChI=1S/C14H21F2N3/c1-14(2)9-19(7-6-18(14)3)12-5-4-10(17)8-11(12)13(15)16/h4-5,8,13H,6-7,9,17H2,1-3H3. The van der Waals surface area contributed by atoms with Crippen molar-refractivity contribution in [2.75, 3.05) is 37.3 Å². The maximum absolute atomic E-state index is 13.1. The zero-order valence-corrected chi connectivity index (χ0v) is 11.7. The van der Waals surface area contributed by atoms with Crippen molar-refractivity contribution in [2.45, 2.75) is 25.8 Å². The minimum absolute atomic E-state index is 0.0281. The fourth-order valence-corrected chi connectivity index (χ4v) is 2.48. The Morgan fingerprint density at radius 2 is 1.95 bits per heavy atom. The summed E-state index contributed by atoms with van der Waals surface area (Å²) in [7, 11) is 2.06. The van der Waals surface area contributed by atoms with Gasteiger partial charge in [-0.2, -0.15) is 0 Å². The molecule has 1 fully saturated rings. The molecule has 19 heavy (non-hydrogen) atoms. The first-order valence-corrected chi connectivity index (χ1v) is 6.45. The predicted molar refractivity (Wildman–Crippen MR) is 74.7 cm³/mol. The summed E-state index contributed by atoms with van der Waals surface area (Å²) < 4.78 is 26.3. The summed E-state index contributed by atoms with van der Waals surface area (Å²) in [5.41, 5.74) is 6.59. The van der Waals surface area contributed by atoms with E-state index in [1.54, 1.807) is 12.1 Å². The van der Waals surface area contributed by atoms with Crippen LogP contribution in [0.4, 0.5) is 20.2 Å². The van der Waals surface area contributed by atoms with Crippen molar-refractivity contribution >= 4 is 11.4 Å². The molecule has 1 aromatic carbocycles. The van der Waals surface area contributed by atoms with Crippen molar-refractivity contribution in [2.24, 2.45) is 0 Å². The number of likely N-dealkylation sites (N-methyl/N-ethyl adjacent to an activating group) is 1. The SMILES string of the molecule is CN1CCN(c2ccc(N)cc2C(F)F)CC1(C)C. The number of piperazine rings is 1. The van der Waals surface area contributed by atoms with E-state index in [4.69, 9.17) is 5.73 Å². The highest BCUT2D eigenvalue weighted by Gasteiger charge is 2.32. The van der Waals surface area contributed by atoms with E-state index in [0.29, 0.717) is 11.4 Å². The van der Waals surface area contributed by atoms with Crippen LogP contribution >= 0.6 is 0 Å². The number of alkyl halides is 2. The van der Waals surface area contributed by atoms with Gasteiger partial charge in [0.2, 0.25) is 0 Å². The van der Waals surface area contributed by atoms with Crippen molar-refractivity contribution in [3.8, 4) is 0 Å². The van der Waals surface area contributed by atoms with E-state index in [2.05, 4.69) is 25.8 Å². The second-order valence-electron chi connectivity index (χ2n) is 5.77. The molecular weight excluding hydrogens is 248 g/mol. The van der Waals surface area contributed by atoms with Gasteiger partial charge in [0.15, 0.2) is 0 Å². The van der Waals surface area contributed by atoms with E-state index < -0.39 is 6.43 Å². The zero-order chi connectivity index (χ0) is 14.2. The number of rotatable bonds is 2. The van der Waals surface area contributed by atoms with E-state index in [0.717, 1.165) is 19.6 Å². The minimum Gasteiger partial charge on any atom is -0.399 e. The summed E-state index contributed by atoms with van der Waals surface area (Å²) in [4.78, 5) is 4.28. The molecule has 0 aromatic heterocycles. The van der Waals surface area contributed by atoms with E-state index in [1.807, 2.05) is 4.90 Å². The number of hydrogen-bond acceptors (Lipinski definition) is 3. The van der Waals surface area contributed by atoms with Crippen molar-refractivity contribution in [1.82, 2.24) is 4.90 Å². The van der Waals surface area contributed by atoms with Crippen LogP contribution in [-0.4, -0.2) is 37.1 Å². The van der Waals surface area contributed by atoms with Crippen molar-refractivity contribution < 1.29 is 8.78 Å². The van der Waals surface area contributed by atoms with Gasteiger partial charge >= 0.3 is 0 Å². The van der Waals surface area contributed by atoms with Crippen molar-refractivity contribution in [3.63, 3.8) is 0 Å². The van der Waals surface area contributed by atoms with E-state index in [1.165, 1.54) is 6.07 Å². The van der Waals surface area contributed by atoms with Gasteiger partial charge in [0.05, 0.1) is 0 Å². The smallest absolute Gasteiger partial charge is 0.265 e. The van der Waals surface area contributed by atoms with Gasteiger partial charge in [0, 0.05) is 42.1 Å². The van der Waals surface area contributed by atoms with Crippen LogP contribution in [0.2, 0.25) is 0 Å². The zero-order valence-electron chi connectivity index (χ0n) is 11.7. The number of nitrogens with zero attached hydrogens (tertiary/aromatic N) is 2. The van der Waals surface area contributed by atoms with Crippen LogP contribution in [0, 0.1) is 0 Å². The molecule has 0 atom stereocenters. The lowest BCUT2D eigenvalue weighted by Crippen LogP contribution is -2.57. The third-order valence-electron chi connectivity index (χ3n) is 3.94. The predicted octanol–water partition coefficient (Wildman–Crippen LogP) is 2.74. The highest BCUT2D eigenvalue weighted by atomic mass is 19.3. The molecule has 0 spiro atoms. The quantitative estimate of drug-likeness (QED) is 0.838. The third-order valence-corrected chi connectivity index (χ3v) is 3.94. The Morgan fingerprint density at radius 1 is 1.26 bits per heavy atom. The van der Waals surface area contributed by atoms with Gasteiger partial charge in [-0.05, 0) is 39.1 Å². The molecule has 0 amide bonds. The topological polar surface area (TPSA) is 32.5 Å². The van der Waals surface area contributed by atoms with Gasteiger partial charge in [-0.15, -0.1) is 0 Å². The Bertz CT molecular complexity index is 460. The van der Waals surface area contributed by atoms with Gasteiger partial charge in [-0.1, -0.05) is 0 Å². The van der Waals surface area contributed by atoms with Crippen LogP contribution in [0.3, 0.4) is 0 Å². The Labute approximate surface area is 113 Å². The molecule has 0 bridgehead atoms. The second-order valence-corrected chi connectivity index (χ2v) is 5.77. The van der Waals surface area contributed by atoms with Crippen molar-refractivity contribution in [3.05, 3.63) is 23.8 Å². The number of anilines is 2. The molecule has 1 heterocycles. The molecule has 1 aromatic rings. The molecule has 106 valence electrons. The summed E-state index contributed by atoms with van der Waals surface area (Å²) in [6.07, 6.45) is -2.50. The Balaban J connectivity index is 2.32. The Kier molecular flexibility index (Phi) is 3.67. The van der Waals surface area contributed by atoms with E-state index in [9.17, 15) is 8.78 Å². The average Bonchev–Trinajstić information content (AvgIpc) is 2.32. The number of halogens is 2. The number of benzene rings is 1. The monoisotopic (exact) mass is 269 g/mol. The Morgan fingerprint density at radius 3 is 2.53 bits per heavy atom. The molecule has 0 radical (unpaired) electrons. The third kappa shape index (κ3) is 2.81. The van der Waals surface area contributed by atoms with Crippen LogP contribution in [-0.2, 0) is 0 Å². The molecule has 2 rings (SSSR count). The van der Waals surface area contributed by atoms with Crippen LogP contribution in [0.1, 0.15) is 25.8 Å². The van der Waals surface area contributed by atoms with Crippen molar-refractivity contribution in [1.29, 1.82) is 0 Å². The lowest BCUT2D eigenvalue weighted by Gasteiger charge is -2.46. The number of nitrogen functional groups attached to an aromatic ring is 1. The summed E-state index contributed by atoms with van der Waals surface area (Å²) in [5, 5.41) is 0. The van der Waals surface area contributed by atoms with Gasteiger partial charge in [0.25, 0.3) is 6.43 Å². The molecule has 0 saturated carbocycles. The van der Waals surface area contributed by atoms with Gasteiger partial charge in [-0.25, -0.2) is 8.78 Å². The molecule has 3 nitrogen and oxygen atoms in total. The van der Waals surface area contributed by atoms with Gasteiger partial charge in [-0.3, -0.25) is 4.90 Å². The minimum atomic E-state index is -2.50. The first kappa shape index (κ1) is 14.1. The molecular formula is C14H21F2N3. The largest absolute Gasteiger partial charge is 0.399 e. The molecule has 0 aliphatic carbocycles. The number of hydrogen-bond donors (Lipinski definition) is 1. The molecule has 1 aliphatic rings. The van der Waals surface area contributed by atoms with Crippen LogP contribution in [0.15, 0.2) is 18.2 Å².